The number of hydrogen-bond acceptors (Lipinski definition) is 1. The van der Waals surface area contributed by atoms with E-state index in [1.807, 2.05) is 26.0 Å². The van der Waals surface area contributed by atoms with Crippen LogP contribution < -0.4 is 0 Å². The maximum absolute atomic E-state index is 10.4. The van der Waals surface area contributed by atoms with Crippen molar-refractivity contribution >= 4 is 5.97 Å². The Hall–Kier alpha value is -0.790. The van der Waals surface area contributed by atoms with Crippen molar-refractivity contribution in [1.82, 2.24) is 0 Å². The number of hydrogen-bond donors (Lipinski definition) is 1. The Morgan fingerprint density at radius 2 is 2.40 bits per heavy atom. The smallest absolute Gasteiger partial charge is 0.307 e. The van der Waals surface area contributed by atoms with Crippen molar-refractivity contribution in [3.05, 3.63) is 12.2 Å². The van der Waals surface area contributed by atoms with Crippen LogP contribution in [0.5, 0.6) is 0 Å². The second kappa shape index (κ2) is 2.11. The Morgan fingerprint density at radius 3 is 2.70 bits per heavy atom. The van der Waals surface area contributed by atoms with Crippen LogP contribution in [0.3, 0.4) is 0 Å². The van der Waals surface area contributed by atoms with Gasteiger partial charge in [0.2, 0.25) is 0 Å². The molecule has 2 unspecified atom stereocenters. The van der Waals surface area contributed by atoms with E-state index in [2.05, 4.69) is 0 Å². The molecule has 1 aliphatic carbocycles. The van der Waals surface area contributed by atoms with E-state index in [0.29, 0.717) is 0 Å². The fraction of sp³-hybridized carbons (Fsp3) is 0.625. The van der Waals surface area contributed by atoms with E-state index < -0.39 is 5.97 Å². The molecule has 2 nitrogen and oxygen atoms in total. The summed E-state index contributed by atoms with van der Waals surface area (Å²) in [4.78, 5) is 10.4. The summed E-state index contributed by atoms with van der Waals surface area (Å²) in [6, 6.07) is 0. The van der Waals surface area contributed by atoms with Gasteiger partial charge in [-0.05, 0) is 18.8 Å². The first-order valence-electron chi connectivity index (χ1n) is 3.47. The van der Waals surface area contributed by atoms with Crippen molar-refractivity contribution in [2.24, 2.45) is 11.3 Å². The molecule has 0 amide bonds. The number of allylic oxidation sites excluding steroid dienone is 2. The lowest BCUT2D eigenvalue weighted by atomic mass is 10.1. The molecule has 1 aliphatic rings. The normalized spacial score (nSPS) is 38.4. The predicted octanol–water partition coefficient (Wildman–Crippen LogP) is 1.67. The molecule has 0 aromatic heterocycles. The first-order valence-corrected chi connectivity index (χ1v) is 3.47. The van der Waals surface area contributed by atoms with E-state index in [-0.39, 0.29) is 11.3 Å². The van der Waals surface area contributed by atoms with Gasteiger partial charge in [-0.15, -0.1) is 0 Å². The number of carbonyl (C=O) groups is 1. The Bertz CT molecular complexity index is 184. The summed E-state index contributed by atoms with van der Waals surface area (Å²) in [6.07, 6.45) is 4.70. The summed E-state index contributed by atoms with van der Waals surface area (Å²) in [5.41, 5.74) is -0.0411. The Balaban J connectivity index is 2.56. The van der Waals surface area contributed by atoms with Crippen LogP contribution in [-0.2, 0) is 4.79 Å². The molecule has 1 rings (SSSR count). The highest BCUT2D eigenvalue weighted by Gasteiger charge is 2.52. The molecule has 1 fully saturated rings. The van der Waals surface area contributed by atoms with Crippen molar-refractivity contribution in [3.8, 4) is 0 Å². The minimum atomic E-state index is -0.666. The van der Waals surface area contributed by atoms with Crippen LogP contribution >= 0.6 is 0 Å². The van der Waals surface area contributed by atoms with Crippen LogP contribution in [0.25, 0.3) is 0 Å². The average molecular weight is 140 g/mol. The van der Waals surface area contributed by atoms with Gasteiger partial charge in [0.25, 0.3) is 0 Å². The fourth-order valence-corrected chi connectivity index (χ4v) is 1.32. The molecule has 0 aromatic rings. The van der Waals surface area contributed by atoms with Gasteiger partial charge in [0.05, 0.1) is 5.92 Å². The van der Waals surface area contributed by atoms with Crippen molar-refractivity contribution in [2.45, 2.75) is 20.3 Å². The third-order valence-electron chi connectivity index (χ3n) is 2.13. The van der Waals surface area contributed by atoms with Crippen molar-refractivity contribution in [3.63, 3.8) is 0 Å². The van der Waals surface area contributed by atoms with Gasteiger partial charge in [-0.2, -0.15) is 0 Å². The van der Waals surface area contributed by atoms with Crippen molar-refractivity contribution in [1.29, 1.82) is 0 Å². The van der Waals surface area contributed by atoms with Crippen LogP contribution in [0.1, 0.15) is 20.3 Å². The Morgan fingerprint density at radius 1 is 1.80 bits per heavy atom. The third kappa shape index (κ3) is 1.06. The number of aliphatic carboxylic acids is 1. The van der Waals surface area contributed by atoms with Gasteiger partial charge in [0, 0.05) is 0 Å². The molecular formula is C8H12O2. The lowest BCUT2D eigenvalue weighted by Crippen LogP contribution is -2.04. The standard InChI is InChI=1S/C8H12O2/c1-3-4-8(2)5-6(8)7(9)10/h3-4,6H,5H2,1-2H3,(H,9,10)/b4-3-. The molecule has 0 saturated heterocycles. The van der Waals surface area contributed by atoms with E-state index in [1.54, 1.807) is 0 Å². The SMILES string of the molecule is C/C=C\C1(C)CC1C(=O)O. The van der Waals surface area contributed by atoms with Gasteiger partial charge in [-0.1, -0.05) is 19.1 Å². The number of carboxylic acids is 1. The first-order chi connectivity index (χ1) is 4.60. The summed E-state index contributed by atoms with van der Waals surface area (Å²) in [5.74, 6) is -0.802. The van der Waals surface area contributed by atoms with Crippen molar-refractivity contribution in [2.75, 3.05) is 0 Å². The molecular weight excluding hydrogens is 128 g/mol. The summed E-state index contributed by atoms with van der Waals surface area (Å²) >= 11 is 0. The Kier molecular flexibility index (Phi) is 1.55. The molecule has 1 saturated carbocycles. The maximum atomic E-state index is 10.4. The lowest BCUT2D eigenvalue weighted by Gasteiger charge is -1.98. The molecule has 0 radical (unpaired) electrons. The van der Waals surface area contributed by atoms with E-state index >= 15 is 0 Å². The zero-order chi connectivity index (χ0) is 7.78. The largest absolute Gasteiger partial charge is 0.481 e. The highest BCUT2D eigenvalue weighted by atomic mass is 16.4. The molecule has 0 heterocycles. The van der Waals surface area contributed by atoms with Crippen LogP contribution in [0.2, 0.25) is 0 Å². The molecule has 0 bridgehead atoms. The summed E-state index contributed by atoms with van der Waals surface area (Å²) in [6.45, 7) is 3.90. The van der Waals surface area contributed by atoms with Crippen LogP contribution in [0, 0.1) is 11.3 Å². The topological polar surface area (TPSA) is 37.3 Å². The first kappa shape index (κ1) is 7.32. The molecule has 1 N–H and O–H groups in total. The van der Waals surface area contributed by atoms with Crippen LogP contribution in [0.15, 0.2) is 12.2 Å². The zero-order valence-electron chi connectivity index (χ0n) is 6.29. The monoisotopic (exact) mass is 140 g/mol. The average Bonchev–Trinajstić information content (AvgIpc) is 2.43. The van der Waals surface area contributed by atoms with Crippen LogP contribution in [-0.4, -0.2) is 11.1 Å². The van der Waals surface area contributed by atoms with E-state index in [9.17, 15) is 4.79 Å². The third-order valence-corrected chi connectivity index (χ3v) is 2.13. The molecule has 56 valence electrons. The van der Waals surface area contributed by atoms with Gasteiger partial charge in [0.15, 0.2) is 0 Å². The van der Waals surface area contributed by atoms with E-state index in [0.717, 1.165) is 6.42 Å². The summed E-state index contributed by atoms with van der Waals surface area (Å²) < 4.78 is 0. The van der Waals surface area contributed by atoms with Gasteiger partial charge >= 0.3 is 5.97 Å². The quantitative estimate of drug-likeness (QED) is 0.592. The molecule has 0 aromatic carbocycles. The second-order valence-electron chi connectivity index (χ2n) is 3.10. The Labute approximate surface area is 60.6 Å². The predicted molar refractivity (Wildman–Crippen MR) is 38.7 cm³/mol. The van der Waals surface area contributed by atoms with Gasteiger partial charge in [-0.25, -0.2) is 0 Å². The number of carboxylic acid groups (broad SMARTS) is 1. The highest BCUT2D eigenvalue weighted by Crippen LogP contribution is 2.53. The minimum absolute atomic E-state index is 0.0411. The minimum Gasteiger partial charge on any atom is -0.481 e. The number of rotatable bonds is 2. The zero-order valence-corrected chi connectivity index (χ0v) is 6.29. The van der Waals surface area contributed by atoms with E-state index in [1.165, 1.54) is 0 Å². The van der Waals surface area contributed by atoms with Gasteiger partial charge in [-0.3, -0.25) is 4.79 Å². The van der Waals surface area contributed by atoms with E-state index in [4.69, 9.17) is 5.11 Å². The van der Waals surface area contributed by atoms with Gasteiger partial charge < -0.3 is 5.11 Å². The lowest BCUT2D eigenvalue weighted by molar-refractivity contribution is -0.139. The van der Waals surface area contributed by atoms with Crippen LogP contribution in [0.4, 0.5) is 0 Å². The summed E-state index contributed by atoms with van der Waals surface area (Å²) in [5, 5.41) is 8.58. The molecule has 0 spiro atoms. The second-order valence-corrected chi connectivity index (χ2v) is 3.10. The summed E-state index contributed by atoms with van der Waals surface area (Å²) in [7, 11) is 0. The van der Waals surface area contributed by atoms with Crippen molar-refractivity contribution < 1.29 is 9.90 Å². The highest BCUT2D eigenvalue weighted by molar-refractivity contribution is 5.75. The maximum Gasteiger partial charge on any atom is 0.307 e. The molecule has 2 heteroatoms. The molecule has 2 atom stereocenters. The van der Waals surface area contributed by atoms with Gasteiger partial charge in [0.1, 0.15) is 0 Å². The fourth-order valence-electron chi connectivity index (χ4n) is 1.32. The molecule has 10 heavy (non-hydrogen) atoms. The molecule has 0 aliphatic heterocycles.